The summed E-state index contributed by atoms with van der Waals surface area (Å²) in [5.41, 5.74) is 0.111. The lowest BCUT2D eigenvalue weighted by Crippen LogP contribution is -2.58. The van der Waals surface area contributed by atoms with Crippen LogP contribution in [0.3, 0.4) is 0 Å². The minimum atomic E-state index is -0.770. The number of carbonyl (C=O) groups excluding carboxylic acids is 3. The van der Waals surface area contributed by atoms with Crippen LogP contribution in [0.15, 0.2) is 54.6 Å². The Kier molecular flexibility index (Phi) is 24.8. The maximum absolute atomic E-state index is 15.3. The van der Waals surface area contributed by atoms with E-state index in [1.807, 2.05) is 64.1 Å². The van der Waals surface area contributed by atoms with Gasteiger partial charge in [-0.05, 0) is 125 Å². The van der Waals surface area contributed by atoms with E-state index in [1.165, 1.54) is 0 Å². The lowest BCUT2D eigenvalue weighted by Gasteiger charge is -2.58. The first-order valence-electron chi connectivity index (χ1n) is 25.7. The molecule has 0 fully saturated rings. The number of esters is 3. The highest BCUT2D eigenvalue weighted by atomic mass is 16.6. The van der Waals surface area contributed by atoms with Crippen LogP contribution < -0.4 is 4.74 Å². The standard InChI is InChI=1S/C57H94O7/c1-15-21-37-54(11,12)47(51(58)62-41-31-25-30-40-61-48-35-29-28-34-46(48)45-32-26-24-27-33-45)42-56(19-5,38-22-16-2)57(20-6,39-23-17-3)50(53(60)64-44(9)10)49(52(59)63-43(7)8)55(13,14)36-18-4/h24,26-29,32-35,43-44,47,49-50H,15-23,25,30-31,36-42H2,1-14H3. The third-order valence-electron chi connectivity index (χ3n) is 14.5. The largest absolute Gasteiger partial charge is 0.493 e. The van der Waals surface area contributed by atoms with Crippen molar-refractivity contribution < 1.29 is 33.3 Å². The summed E-state index contributed by atoms with van der Waals surface area (Å²) in [5, 5.41) is 0. The molecule has 0 aliphatic heterocycles. The first-order chi connectivity index (χ1) is 30.4. The van der Waals surface area contributed by atoms with Crippen LogP contribution >= 0.6 is 0 Å². The molecule has 64 heavy (non-hydrogen) atoms. The molecule has 0 bridgehead atoms. The molecule has 7 nitrogen and oxygen atoms in total. The quantitative estimate of drug-likeness (QED) is 0.0401. The monoisotopic (exact) mass is 891 g/mol. The molecule has 2 aromatic rings. The minimum absolute atomic E-state index is 0.146. The Bertz CT molecular complexity index is 1630. The normalized spacial score (nSPS) is 15.5. The van der Waals surface area contributed by atoms with Gasteiger partial charge in [0.05, 0.1) is 43.2 Å². The van der Waals surface area contributed by atoms with Gasteiger partial charge in [-0.25, -0.2) is 0 Å². The predicted molar refractivity (Wildman–Crippen MR) is 266 cm³/mol. The third-order valence-corrected chi connectivity index (χ3v) is 14.5. The second-order valence-corrected chi connectivity index (χ2v) is 20.8. The molecule has 0 N–H and O–H groups in total. The van der Waals surface area contributed by atoms with Crippen molar-refractivity contribution in [3.63, 3.8) is 0 Å². The molecule has 2 aromatic carbocycles. The van der Waals surface area contributed by atoms with Crippen molar-refractivity contribution in [3.05, 3.63) is 54.6 Å². The highest BCUT2D eigenvalue weighted by molar-refractivity contribution is 5.84. The molecule has 0 radical (unpaired) electrons. The van der Waals surface area contributed by atoms with Crippen LogP contribution in [0.1, 0.15) is 206 Å². The van der Waals surface area contributed by atoms with Gasteiger partial charge in [0.25, 0.3) is 0 Å². The van der Waals surface area contributed by atoms with Gasteiger partial charge in [0, 0.05) is 5.56 Å². The molecule has 0 amide bonds. The van der Waals surface area contributed by atoms with E-state index in [2.05, 4.69) is 87.4 Å². The average molecular weight is 891 g/mol. The summed E-state index contributed by atoms with van der Waals surface area (Å²) < 4.78 is 25.1. The predicted octanol–water partition coefficient (Wildman–Crippen LogP) is 15.8. The molecule has 0 aromatic heterocycles. The van der Waals surface area contributed by atoms with E-state index in [-0.39, 0.29) is 35.5 Å². The zero-order valence-corrected chi connectivity index (χ0v) is 43.4. The summed E-state index contributed by atoms with van der Waals surface area (Å²) in [7, 11) is 0. The molecular formula is C57H94O7. The molecule has 0 spiro atoms. The highest BCUT2D eigenvalue weighted by Crippen LogP contribution is 2.64. The number of ether oxygens (including phenoxy) is 4. The molecule has 2 rings (SSSR count). The van der Waals surface area contributed by atoms with Crippen molar-refractivity contribution in [2.45, 2.75) is 218 Å². The summed E-state index contributed by atoms with van der Waals surface area (Å²) >= 11 is 0. The van der Waals surface area contributed by atoms with E-state index in [0.29, 0.717) is 26.1 Å². The topological polar surface area (TPSA) is 88.1 Å². The maximum atomic E-state index is 15.3. The minimum Gasteiger partial charge on any atom is -0.493 e. The number of benzene rings is 2. The van der Waals surface area contributed by atoms with E-state index in [1.54, 1.807) is 0 Å². The Morgan fingerprint density at radius 3 is 1.64 bits per heavy atom. The number of unbranched alkanes of at least 4 members (excludes halogenated alkanes) is 5. The van der Waals surface area contributed by atoms with Crippen LogP contribution in [0.2, 0.25) is 0 Å². The van der Waals surface area contributed by atoms with Crippen LogP contribution in [-0.4, -0.2) is 43.3 Å². The highest BCUT2D eigenvalue weighted by Gasteiger charge is 2.62. The lowest BCUT2D eigenvalue weighted by molar-refractivity contribution is -0.192. The van der Waals surface area contributed by atoms with Crippen molar-refractivity contribution in [1.82, 2.24) is 0 Å². The van der Waals surface area contributed by atoms with Crippen LogP contribution in [0.5, 0.6) is 5.75 Å². The molecule has 0 saturated heterocycles. The van der Waals surface area contributed by atoms with Crippen molar-refractivity contribution in [1.29, 1.82) is 0 Å². The fourth-order valence-corrected chi connectivity index (χ4v) is 10.9. The molecule has 0 aliphatic carbocycles. The molecule has 364 valence electrons. The van der Waals surface area contributed by atoms with Crippen LogP contribution in [-0.2, 0) is 28.6 Å². The van der Waals surface area contributed by atoms with Gasteiger partial charge in [0.2, 0.25) is 0 Å². The average Bonchev–Trinajstić information content (AvgIpc) is 3.25. The van der Waals surface area contributed by atoms with Crippen molar-refractivity contribution in [2.75, 3.05) is 13.2 Å². The molecule has 0 heterocycles. The third kappa shape index (κ3) is 15.9. The molecule has 0 saturated carbocycles. The molecule has 7 heteroatoms. The van der Waals surface area contributed by atoms with Gasteiger partial charge in [-0.2, -0.15) is 0 Å². The first kappa shape index (κ1) is 56.8. The Balaban J connectivity index is 2.66. The zero-order chi connectivity index (χ0) is 48.0. The SMILES string of the molecule is CCCCC(C)(C)C(CC(CC)(CCCC)C(CC)(CCCC)C(C(=O)OC(C)C)C(C(=O)OC(C)C)C(C)(C)CCC)C(=O)OCCCCCOc1ccccc1-c1ccccc1. The Morgan fingerprint density at radius 2 is 1.08 bits per heavy atom. The van der Waals surface area contributed by atoms with Gasteiger partial charge in [-0.15, -0.1) is 0 Å². The fraction of sp³-hybridized carbons (Fsp3) is 0.737. The van der Waals surface area contributed by atoms with E-state index in [9.17, 15) is 9.59 Å². The van der Waals surface area contributed by atoms with Crippen LogP contribution in [0, 0.1) is 39.4 Å². The molecule has 5 unspecified atom stereocenters. The summed E-state index contributed by atoms with van der Waals surface area (Å²) in [5.74, 6) is -1.82. The van der Waals surface area contributed by atoms with Crippen molar-refractivity contribution >= 4 is 17.9 Å². The lowest BCUT2D eigenvalue weighted by atomic mass is 9.45. The maximum Gasteiger partial charge on any atom is 0.310 e. The van der Waals surface area contributed by atoms with Crippen molar-refractivity contribution in [2.24, 2.45) is 39.4 Å². The zero-order valence-electron chi connectivity index (χ0n) is 43.4. The molecule has 5 atom stereocenters. The van der Waals surface area contributed by atoms with Gasteiger partial charge in [0.1, 0.15) is 5.75 Å². The van der Waals surface area contributed by atoms with E-state index in [4.69, 9.17) is 18.9 Å². The Morgan fingerprint density at radius 1 is 0.531 bits per heavy atom. The summed E-state index contributed by atoms with van der Waals surface area (Å²) in [6.07, 6.45) is 13.7. The molecular weight excluding hydrogens is 797 g/mol. The first-order valence-corrected chi connectivity index (χ1v) is 25.7. The van der Waals surface area contributed by atoms with Crippen molar-refractivity contribution in [3.8, 4) is 16.9 Å². The van der Waals surface area contributed by atoms with E-state index >= 15 is 4.79 Å². The number of rotatable bonds is 33. The second kappa shape index (κ2) is 28.0. The van der Waals surface area contributed by atoms with Gasteiger partial charge in [-0.1, -0.05) is 163 Å². The van der Waals surface area contributed by atoms with E-state index < -0.39 is 34.0 Å². The second-order valence-electron chi connectivity index (χ2n) is 20.8. The van der Waals surface area contributed by atoms with Crippen LogP contribution in [0.4, 0.5) is 0 Å². The summed E-state index contributed by atoms with van der Waals surface area (Å²) in [6.45, 7) is 30.5. The van der Waals surface area contributed by atoms with Gasteiger partial charge in [-0.3, -0.25) is 14.4 Å². The number of hydrogen-bond donors (Lipinski definition) is 0. The number of hydrogen-bond acceptors (Lipinski definition) is 7. The van der Waals surface area contributed by atoms with Gasteiger partial charge >= 0.3 is 17.9 Å². The Labute approximate surface area is 392 Å². The number of carbonyl (C=O) groups is 3. The van der Waals surface area contributed by atoms with Gasteiger partial charge in [0.15, 0.2) is 0 Å². The smallest absolute Gasteiger partial charge is 0.310 e. The van der Waals surface area contributed by atoms with E-state index in [0.717, 1.165) is 113 Å². The van der Waals surface area contributed by atoms with Gasteiger partial charge < -0.3 is 18.9 Å². The number of para-hydroxylation sites is 1. The Hall–Kier alpha value is -3.35. The summed E-state index contributed by atoms with van der Waals surface area (Å²) in [4.78, 5) is 45.0. The summed E-state index contributed by atoms with van der Waals surface area (Å²) in [6, 6.07) is 18.5. The fourth-order valence-electron chi connectivity index (χ4n) is 10.9. The molecule has 0 aliphatic rings. The van der Waals surface area contributed by atoms with Crippen LogP contribution in [0.25, 0.3) is 11.1 Å².